The van der Waals surface area contributed by atoms with E-state index in [0.717, 1.165) is 52.2 Å². The molecule has 0 atom stereocenters. The second kappa shape index (κ2) is 15.4. The average molecular weight is 243 g/mol. The van der Waals surface area contributed by atoms with Gasteiger partial charge >= 0.3 is 0 Å². The van der Waals surface area contributed by atoms with Gasteiger partial charge in [-0.1, -0.05) is 13.0 Å². The van der Waals surface area contributed by atoms with Crippen LogP contribution >= 0.6 is 0 Å². The van der Waals surface area contributed by atoms with Gasteiger partial charge in [0, 0.05) is 52.4 Å². The number of hydrogen-bond acceptors (Lipinski definition) is 5. The van der Waals surface area contributed by atoms with Crippen LogP contribution in [-0.4, -0.2) is 52.4 Å². The van der Waals surface area contributed by atoms with E-state index in [0.29, 0.717) is 6.54 Å². The van der Waals surface area contributed by atoms with E-state index in [4.69, 9.17) is 5.73 Å². The second-order valence-corrected chi connectivity index (χ2v) is 3.80. The normalized spacial score (nSPS) is 11.2. The third kappa shape index (κ3) is 15.4. The van der Waals surface area contributed by atoms with Crippen LogP contribution in [0.15, 0.2) is 12.3 Å². The van der Waals surface area contributed by atoms with E-state index in [2.05, 4.69) is 34.3 Å². The molecule has 0 aromatic rings. The van der Waals surface area contributed by atoms with Crippen molar-refractivity contribution in [2.75, 3.05) is 52.4 Å². The Balaban J connectivity index is 2.91. The van der Waals surface area contributed by atoms with E-state index < -0.39 is 0 Å². The van der Waals surface area contributed by atoms with Crippen molar-refractivity contribution in [3.05, 3.63) is 12.3 Å². The lowest BCUT2D eigenvalue weighted by Crippen LogP contribution is -2.35. The quantitative estimate of drug-likeness (QED) is 0.275. The van der Waals surface area contributed by atoms with Gasteiger partial charge in [0.15, 0.2) is 0 Å². The lowest BCUT2D eigenvalue weighted by Gasteiger charge is -2.07. The van der Waals surface area contributed by atoms with Gasteiger partial charge in [0.25, 0.3) is 0 Å². The highest BCUT2D eigenvalue weighted by atomic mass is 15.0. The van der Waals surface area contributed by atoms with Gasteiger partial charge in [-0.3, -0.25) is 0 Å². The van der Waals surface area contributed by atoms with Gasteiger partial charge in [0.2, 0.25) is 0 Å². The van der Waals surface area contributed by atoms with Crippen molar-refractivity contribution >= 4 is 0 Å². The minimum Gasteiger partial charge on any atom is -0.390 e. The van der Waals surface area contributed by atoms with Crippen LogP contribution in [0.1, 0.15) is 13.3 Å². The largest absolute Gasteiger partial charge is 0.390 e. The first-order chi connectivity index (χ1) is 8.41. The van der Waals surface area contributed by atoms with Crippen molar-refractivity contribution in [3.63, 3.8) is 0 Å². The number of nitrogens with two attached hydrogens (primary N) is 1. The van der Waals surface area contributed by atoms with E-state index in [-0.39, 0.29) is 0 Å². The molecule has 0 aliphatic heterocycles. The number of allylic oxidation sites excluding steroid dienone is 1. The maximum atomic E-state index is 5.36. The van der Waals surface area contributed by atoms with E-state index in [1.807, 2.05) is 6.20 Å². The van der Waals surface area contributed by atoms with E-state index in [9.17, 15) is 0 Å². The molecule has 5 heteroatoms. The minimum atomic E-state index is 0.709. The first-order valence-corrected chi connectivity index (χ1v) is 6.62. The van der Waals surface area contributed by atoms with Crippen LogP contribution in [-0.2, 0) is 0 Å². The molecule has 0 aliphatic rings. The Morgan fingerprint density at radius 1 is 0.824 bits per heavy atom. The van der Waals surface area contributed by atoms with Gasteiger partial charge in [0.1, 0.15) is 0 Å². The minimum absolute atomic E-state index is 0.709. The summed E-state index contributed by atoms with van der Waals surface area (Å²) in [6, 6.07) is 0. The molecule has 0 saturated heterocycles. The van der Waals surface area contributed by atoms with Crippen molar-refractivity contribution in [1.82, 2.24) is 21.3 Å². The van der Waals surface area contributed by atoms with Crippen molar-refractivity contribution in [2.24, 2.45) is 5.73 Å². The summed E-state index contributed by atoms with van der Waals surface area (Å²) in [6.45, 7) is 9.73. The second-order valence-electron chi connectivity index (χ2n) is 3.80. The molecule has 0 unspecified atom stereocenters. The van der Waals surface area contributed by atoms with E-state index in [1.165, 1.54) is 0 Å². The van der Waals surface area contributed by atoms with Crippen LogP contribution in [0.5, 0.6) is 0 Å². The predicted octanol–water partition coefficient (Wildman–Crippen LogP) is -0.773. The zero-order valence-electron chi connectivity index (χ0n) is 11.1. The Morgan fingerprint density at radius 3 is 1.88 bits per heavy atom. The molecule has 6 N–H and O–H groups in total. The van der Waals surface area contributed by atoms with Gasteiger partial charge in [-0.15, -0.1) is 0 Å². The molecule has 0 radical (unpaired) electrons. The number of hydrogen-bond donors (Lipinski definition) is 5. The van der Waals surface area contributed by atoms with Crippen LogP contribution in [0.3, 0.4) is 0 Å². The fraction of sp³-hybridized carbons (Fsp3) is 0.833. The predicted molar refractivity (Wildman–Crippen MR) is 75.1 cm³/mol. The van der Waals surface area contributed by atoms with Crippen molar-refractivity contribution in [3.8, 4) is 0 Å². The third-order valence-corrected chi connectivity index (χ3v) is 2.20. The third-order valence-electron chi connectivity index (χ3n) is 2.20. The Kier molecular flexibility index (Phi) is 14.8. The van der Waals surface area contributed by atoms with Gasteiger partial charge in [-0.2, -0.15) is 0 Å². The summed E-state index contributed by atoms with van der Waals surface area (Å²) in [7, 11) is 0. The van der Waals surface area contributed by atoms with Crippen LogP contribution < -0.4 is 27.0 Å². The molecule has 0 amide bonds. The Morgan fingerprint density at radius 2 is 1.35 bits per heavy atom. The first-order valence-electron chi connectivity index (χ1n) is 6.62. The summed E-state index contributed by atoms with van der Waals surface area (Å²) in [5.41, 5.74) is 5.36. The topological polar surface area (TPSA) is 74.1 Å². The molecule has 102 valence electrons. The fourth-order valence-electron chi connectivity index (χ4n) is 1.28. The zero-order valence-corrected chi connectivity index (χ0v) is 11.1. The fourth-order valence-corrected chi connectivity index (χ4v) is 1.28. The summed E-state index contributed by atoms with van der Waals surface area (Å²) < 4.78 is 0. The van der Waals surface area contributed by atoms with Crippen LogP contribution in [0, 0.1) is 0 Å². The lowest BCUT2D eigenvalue weighted by molar-refractivity contribution is 0.580. The summed E-state index contributed by atoms with van der Waals surface area (Å²) in [5, 5.41) is 13.2. The summed E-state index contributed by atoms with van der Waals surface area (Å²) >= 11 is 0. The van der Waals surface area contributed by atoms with Gasteiger partial charge in [-0.05, 0) is 12.6 Å². The van der Waals surface area contributed by atoms with E-state index >= 15 is 0 Å². The summed E-state index contributed by atoms with van der Waals surface area (Å²) in [5.74, 6) is 0. The number of rotatable bonds is 13. The number of nitrogens with one attached hydrogen (secondary N) is 4. The van der Waals surface area contributed by atoms with Gasteiger partial charge in [0.05, 0.1) is 0 Å². The standard InChI is InChI=1S/C12H29N5/c1-2-3-5-14-7-9-16-11-12-17-10-8-15-6-4-13/h3,5,14-17H,2,4,6-13H2,1H3. The van der Waals surface area contributed by atoms with Crippen molar-refractivity contribution < 1.29 is 0 Å². The zero-order chi connectivity index (χ0) is 12.6. The molecule has 0 saturated carbocycles. The Labute approximate surface area is 106 Å². The molecular weight excluding hydrogens is 214 g/mol. The van der Waals surface area contributed by atoms with Gasteiger partial charge < -0.3 is 27.0 Å². The lowest BCUT2D eigenvalue weighted by atomic mass is 10.4. The van der Waals surface area contributed by atoms with Gasteiger partial charge in [-0.25, -0.2) is 0 Å². The molecule has 5 nitrogen and oxygen atoms in total. The Hall–Kier alpha value is -0.620. The Bertz CT molecular complexity index is 161. The molecule has 0 bridgehead atoms. The monoisotopic (exact) mass is 243 g/mol. The first kappa shape index (κ1) is 16.4. The highest BCUT2D eigenvalue weighted by Crippen LogP contribution is 1.74. The van der Waals surface area contributed by atoms with E-state index in [1.54, 1.807) is 0 Å². The van der Waals surface area contributed by atoms with Crippen molar-refractivity contribution in [1.29, 1.82) is 0 Å². The van der Waals surface area contributed by atoms with Crippen molar-refractivity contribution in [2.45, 2.75) is 13.3 Å². The summed E-state index contributed by atoms with van der Waals surface area (Å²) in [6.07, 6.45) is 5.22. The van der Waals surface area contributed by atoms with Crippen LogP contribution in [0.4, 0.5) is 0 Å². The average Bonchev–Trinajstić information content (AvgIpc) is 2.35. The molecule has 0 aromatic heterocycles. The highest BCUT2D eigenvalue weighted by molar-refractivity contribution is 4.77. The maximum Gasteiger partial charge on any atom is 0.0266 e. The molecule has 0 aromatic carbocycles. The molecule has 0 spiro atoms. The smallest absolute Gasteiger partial charge is 0.0266 e. The molecule has 17 heavy (non-hydrogen) atoms. The molecule has 0 aliphatic carbocycles. The highest BCUT2D eigenvalue weighted by Gasteiger charge is 1.88. The molecule has 0 rings (SSSR count). The van der Waals surface area contributed by atoms with Crippen LogP contribution in [0.25, 0.3) is 0 Å². The SMILES string of the molecule is CCC=CNCCNCCNCCNCCN. The molecule has 0 fully saturated rings. The summed E-state index contributed by atoms with van der Waals surface area (Å²) in [4.78, 5) is 0. The molecule has 0 heterocycles. The van der Waals surface area contributed by atoms with Crippen LogP contribution in [0.2, 0.25) is 0 Å². The molecular formula is C12H29N5. The maximum absolute atomic E-state index is 5.36.